The van der Waals surface area contributed by atoms with Gasteiger partial charge >= 0.3 is 0 Å². The molecule has 1 fully saturated rings. The summed E-state index contributed by atoms with van der Waals surface area (Å²) >= 11 is 6.07. The monoisotopic (exact) mass is 304 g/mol. The SMILES string of the molecule is O=C(N[C@H]1CCCC[C@@H]1O)c1cnc(Cl)c2ccccc12. The van der Waals surface area contributed by atoms with Crippen molar-refractivity contribution in [2.75, 3.05) is 0 Å². The highest BCUT2D eigenvalue weighted by Gasteiger charge is 2.25. The lowest BCUT2D eigenvalue weighted by Gasteiger charge is -2.28. The average molecular weight is 305 g/mol. The Bertz CT molecular complexity index is 674. The topological polar surface area (TPSA) is 62.2 Å². The van der Waals surface area contributed by atoms with Gasteiger partial charge in [-0.25, -0.2) is 4.98 Å². The summed E-state index contributed by atoms with van der Waals surface area (Å²) in [7, 11) is 0. The number of amides is 1. The number of nitrogens with one attached hydrogen (secondary N) is 1. The molecule has 1 aliphatic carbocycles. The molecule has 0 bridgehead atoms. The van der Waals surface area contributed by atoms with Gasteiger partial charge in [0.15, 0.2) is 0 Å². The van der Waals surface area contributed by atoms with Crippen molar-refractivity contribution >= 4 is 28.3 Å². The van der Waals surface area contributed by atoms with Crippen molar-refractivity contribution in [3.8, 4) is 0 Å². The highest BCUT2D eigenvalue weighted by molar-refractivity contribution is 6.34. The van der Waals surface area contributed by atoms with Crippen molar-refractivity contribution in [3.63, 3.8) is 0 Å². The summed E-state index contributed by atoms with van der Waals surface area (Å²) in [5.41, 5.74) is 0.493. The van der Waals surface area contributed by atoms with Crippen LogP contribution in [0.25, 0.3) is 10.8 Å². The van der Waals surface area contributed by atoms with Crippen molar-refractivity contribution < 1.29 is 9.90 Å². The van der Waals surface area contributed by atoms with Gasteiger partial charge in [-0.05, 0) is 18.2 Å². The van der Waals surface area contributed by atoms with Crippen LogP contribution in [-0.4, -0.2) is 28.1 Å². The average Bonchev–Trinajstić information content (AvgIpc) is 2.50. The number of nitrogens with zero attached hydrogens (tertiary/aromatic N) is 1. The Balaban J connectivity index is 1.89. The quantitative estimate of drug-likeness (QED) is 0.839. The van der Waals surface area contributed by atoms with Gasteiger partial charge in [-0.3, -0.25) is 4.79 Å². The Morgan fingerprint density at radius 2 is 1.95 bits per heavy atom. The van der Waals surface area contributed by atoms with Crippen LogP contribution in [-0.2, 0) is 0 Å². The molecule has 4 nitrogen and oxygen atoms in total. The molecule has 0 radical (unpaired) electrons. The molecular weight excluding hydrogens is 288 g/mol. The smallest absolute Gasteiger partial charge is 0.253 e. The second kappa shape index (κ2) is 6.00. The number of carbonyl (C=O) groups excluding carboxylic acids is 1. The van der Waals surface area contributed by atoms with Gasteiger partial charge in [0.05, 0.1) is 17.7 Å². The Morgan fingerprint density at radius 1 is 1.24 bits per heavy atom. The minimum atomic E-state index is -0.464. The number of benzene rings is 1. The largest absolute Gasteiger partial charge is 0.391 e. The van der Waals surface area contributed by atoms with Crippen LogP contribution in [0.15, 0.2) is 30.5 Å². The fourth-order valence-electron chi connectivity index (χ4n) is 2.86. The molecule has 110 valence electrons. The van der Waals surface area contributed by atoms with E-state index in [4.69, 9.17) is 11.6 Å². The lowest BCUT2D eigenvalue weighted by Crippen LogP contribution is -2.45. The Kier molecular flexibility index (Phi) is 4.08. The van der Waals surface area contributed by atoms with E-state index in [2.05, 4.69) is 10.3 Å². The van der Waals surface area contributed by atoms with Crippen LogP contribution in [0.1, 0.15) is 36.0 Å². The number of hydrogen-bond acceptors (Lipinski definition) is 3. The first-order chi connectivity index (χ1) is 10.2. The molecular formula is C16H17ClN2O2. The normalized spacial score (nSPS) is 22.2. The van der Waals surface area contributed by atoms with E-state index in [9.17, 15) is 9.90 Å². The first-order valence-electron chi connectivity index (χ1n) is 7.19. The van der Waals surface area contributed by atoms with Crippen LogP contribution < -0.4 is 5.32 Å². The molecule has 2 atom stereocenters. The van der Waals surface area contributed by atoms with E-state index in [1.54, 1.807) is 0 Å². The van der Waals surface area contributed by atoms with Gasteiger partial charge in [0, 0.05) is 11.6 Å². The number of pyridine rings is 1. The van der Waals surface area contributed by atoms with Gasteiger partial charge in [0.25, 0.3) is 5.91 Å². The predicted octanol–water partition coefficient (Wildman–Crippen LogP) is 2.92. The van der Waals surface area contributed by atoms with Gasteiger partial charge in [-0.15, -0.1) is 0 Å². The number of fused-ring (bicyclic) bond motifs is 1. The second-order valence-corrected chi connectivity index (χ2v) is 5.80. The summed E-state index contributed by atoms with van der Waals surface area (Å²) in [6, 6.07) is 7.25. The summed E-state index contributed by atoms with van der Waals surface area (Å²) < 4.78 is 0. The number of aliphatic hydroxyl groups is 1. The van der Waals surface area contributed by atoms with Crippen molar-refractivity contribution in [3.05, 3.63) is 41.2 Å². The Hall–Kier alpha value is -1.65. The molecule has 1 aliphatic rings. The van der Waals surface area contributed by atoms with E-state index < -0.39 is 6.10 Å². The minimum Gasteiger partial charge on any atom is -0.391 e. The first-order valence-corrected chi connectivity index (χ1v) is 7.57. The van der Waals surface area contributed by atoms with Crippen molar-refractivity contribution in [2.24, 2.45) is 0 Å². The number of rotatable bonds is 2. The molecule has 1 heterocycles. The summed E-state index contributed by atoms with van der Waals surface area (Å²) in [4.78, 5) is 16.6. The van der Waals surface area contributed by atoms with Crippen molar-refractivity contribution in [1.29, 1.82) is 0 Å². The third-order valence-electron chi connectivity index (χ3n) is 4.04. The number of hydrogen-bond donors (Lipinski definition) is 2. The van der Waals surface area contributed by atoms with Crippen LogP contribution in [0.4, 0.5) is 0 Å². The van der Waals surface area contributed by atoms with Crippen molar-refractivity contribution in [2.45, 2.75) is 37.8 Å². The number of halogens is 1. The maximum absolute atomic E-state index is 12.5. The zero-order chi connectivity index (χ0) is 14.8. The van der Waals surface area contributed by atoms with E-state index in [-0.39, 0.29) is 11.9 Å². The standard InChI is InChI=1S/C16H17ClN2O2/c17-15-11-6-2-1-5-10(11)12(9-18-15)16(21)19-13-7-3-4-8-14(13)20/h1-2,5-6,9,13-14,20H,3-4,7-8H2,(H,19,21)/t13-,14-/m0/s1. The zero-order valence-corrected chi connectivity index (χ0v) is 12.3. The van der Waals surface area contributed by atoms with Gasteiger partial charge in [0.1, 0.15) is 5.15 Å². The van der Waals surface area contributed by atoms with Gasteiger partial charge < -0.3 is 10.4 Å². The predicted molar refractivity (Wildman–Crippen MR) is 82.5 cm³/mol. The molecule has 2 aromatic rings. The third kappa shape index (κ3) is 2.87. The van der Waals surface area contributed by atoms with Gasteiger partial charge in [0.2, 0.25) is 0 Å². The molecule has 3 rings (SSSR count). The van der Waals surface area contributed by atoms with E-state index in [1.807, 2.05) is 24.3 Å². The summed E-state index contributed by atoms with van der Waals surface area (Å²) in [6.07, 6.45) is 4.63. The van der Waals surface area contributed by atoms with E-state index in [1.165, 1.54) is 6.20 Å². The van der Waals surface area contributed by atoms with E-state index in [0.717, 1.165) is 36.5 Å². The fourth-order valence-corrected chi connectivity index (χ4v) is 3.08. The van der Waals surface area contributed by atoms with Gasteiger partial charge in [-0.1, -0.05) is 48.7 Å². The van der Waals surface area contributed by atoms with E-state index in [0.29, 0.717) is 10.7 Å². The highest BCUT2D eigenvalue weighted by Crippen LogP contribution is 2.25. The van der Waals surface area contributed by atoms with Crippen molar-refractivity contribution in [1.82, 2.24) is 10.3 Å². The number of carbonyl (C=O) groups is 1. The Morgan fingerprint density at radius 3 is 2.71 bits per heavy atom. The fraction of sp³-hybridized carbons (Fsp3) is 0.375. The lowest BCUT2D eigenvalue weighted by atomic mass is 9.92. The third-order valence-corrected chi connectivity index (χ3v) is 4.34. The molecule has 1 aromatic carbocycles. The summed E-state index contributed by atoms with van der Waals surface area (Å²) in [6.45, 7) is 0. The highest BCUT2D eigenvalue weighted by atomic mass is 35.5. The van der Waals surface area contributed by atoms with Crippen LogP contribution in [0.5, 0.6) is 0 Å². The molecule has 21 heavy (non-hydrogen) atoms. The number of aliphatic hydroxyl groups excluding tert-OH is 1. The summed E-state index contributed by atoms with van der Waals surface area (Å²) in [5.74, 6) is -0.207. The van der Waals surface area contributed by atoms with Gasteiger partial charge in [-0.2, -0.15) is 0 Å². The number of aromatic nitrogens is 1. The van der Waals surface area contributed by atoms with Crippen LogP contribution >= 0.6 is 11.6 Å². The maximum Gasteiger partial charge on any atom is 0.253 e. The van der Waals surface area contributed by atoms with Crippen LogP contribution in [0.3, 0.4) is 0 Å². The molecule has 0 spiro atoms. The van der Waals surface area contributed by atoms with Crippen LogP contribution in [0, 0.1) is 0 Å². The Labute approximate surface area is 128 Å². The van der Waals surface area contributed by atoms with Crippen LogP contribution in [0.2, 0.25) is 5.15 Å². The molecule has 5 heteroatoms. The molecule has 1 amide bonds. The molecule has 0 saturated heterocycles. The molecule has 2 N–H and O–H groups in total. The lowest BCUT2D eigenvalue weighted by molar-refractivity contribution is 0.0718. The minimum absolute atomic E-state index is 0.180. The molecule has 0 unspecified atom stereocenters. The maximum atomic E-state index is 12.5. The first kappa shape index (κ1) is 14.3. The van der Waals surface area contributed by atoms with E-state index >= 15 is 0 Å². The summed E-state index contributed by atoms with van der Waals surface area (Å²) in [5, 5.41) is 14.8. The second-order valence-electron chi connectivity index (χ2n) is 5.44. The zero-order valence-electron chi connectivity index (χ0n) is 11.6. The molecule has 1 aromatic heterocycles. The molecule has 1 saturated carbocycles. The molecule has 0 aliphatic heterocycles.